The lowest BCUT2D eigenvalue weighted by Crippen LogP contribution is -2.68. The zero-order valence-corrected chi connectivity index (χ0v) is 24.2. The maximum atomic E-state index is 14.0. The van der Waals surface area contributed by atoms with Gasteiger partial charge in [-0.3, -0.25) is 14.5 Å². The summed E-state index contributed by atoms with van der Waals surface area (Å²) in [6.07, 6.45) is 0.729. The number of rotatable bonds is 9. The summed E-state index contributed by atoms with van der Waals surface area (Å²) in [6.45, 7) is 6.54. The number of carboxylic acid groups (broad SMARTS) is 1. The number of amides is 2. The van der Waals surface area contributed by atoms with E-state index in [0.717, 1.165) is 29.7 Å². The molecule has 214 valence electrons. The molecular formula is C34H39N3O4. The molecule has 1 unspecified atom stereocenters. The van der Waals surface area contributed by atoms with E-state index in [0.29, 0.717) is 13.1 Å². The largest absolute Gasteiger partial charge is 0.479 e. The SMILES string of the molecule is CC(C)C(C)(C(=O)O)N(C)C(=O)C1CN(C(=O)[C@@H]2CCN2C(c2ccccc2)(c2ccccc2)c2ccccc2)C1. The molecule has 0 aromatic heterocycles. The van der Waals surface area contributed by atoms with Gasteiger partial charge in [0.15, 0.2) is 0 Å². The highest BCUT2D eigenvalue weighted by molar-refractivity contribution is 5.91. The van der Waals surface area contributed by atoms with Gasteiger partial charge in [0.05, 0.1) is 17.5 Å². The van der Waals surface area contributed by atoms with Crippen molar-refractivity contribution in [2.24, 2.45) is 11.8 Å². The Kier molecular flexibility index (Phi) is 7.75. The lowest BCUT2D eigenvalue weighted by Gasteiger charge is -2.56. The molecule has 0 saturated carbocycles. The predicted octanol–water partition coefficient (Wildman–Crippen LogP) is 4.47. The smallest absolute Gasteiger partial charge is 0.329 e. The van der Waals surface area contributed by atoms with E-state index < -0.39 is 23.0 Å². The van der Waals surface area contributed by atoms with E-state index in [1.165, 1.54) is 4.90 Å². The fourth-order valence-electron chi connectivity index (χ4n) is 6.39. The highest BCUT2D eigenvalue weighted by Crippen LogP contribution is 2.47. The molecule has 2 heterocycles. The Morgan fingerprint density at radius 1 is 0.829 bits per heavy atom. The van der Waals surface area contributed by atoms with E-state index in [2.05, 4.69) is 41.3 Å². The van der Waals surface area contributed by atoms with Crippen LogP contribution in [0.1, 0.15) is 43.9 Å². The number of benzene rings is 3. The number of hydrogen-bond donors (Lipinski definition) is 1. The minimum Gasteiger partial charge on any atom is -0.479 e. The van der Waals surface area contributed by atoms with Gasteiger partial charge in [0, 0.05) is 26.7 Å². The fourth-order valence-corrected chi connectivity index (χ4v) is 6.39. The second-order valence-electron chi connectivity index (χ2n) is 11.8. The molecule has 2 aliphatic heterocycles. The summed E-state index contributed by atoms with van der Waals surface area (Å²) < 4.78 is 0. The van der Waals surface area contributed by atoms with Crippen LogP contribution < -0.4 is 0 Å². The summed E-state index contributed by atoms with van der Waals surface area (Å²) in [5, 5.41) is 9.87. The van der Waals surface area contributed by atoms with Crippen LogP contribution in [-0.2, 0) is 19.9 Å². The Hall–Kier alpha value is -3.97. The summed E-state index contributed by atoms with van der Waals surface area (Å²) in [5.74, 6) is -1.92. The monoisotopic (exact) mass is 553 g/mol. The lowest BCUT2D eigenvalue weighted by molar-refractivity contribution is -0.167. The summed E-state index contributed by atoms with van der Waals surface area (Å²) in [5.41, 5.74) is 1.30. The van der Waals surface area contributed by atoms with Crippen molar-refractivity contribution < 1.29 is 19.5 Å². The van der Waals surface area contributed by atoms with Crippen LogP contribution in [0, 0.1) is 11.8 Å². The molecule has 2 atom stereocenters. The third-order valence-electron chi connectivity index (χ3n) is 9.44. The van der Waals surface area contributed by atoms with Crippen molar-refractivity contribution in [3.05, 3.63) is 108 Å². The Balaban J connectivity index is 1.42. The van der Waals surface area contributed by atoms with Crippen LogP contribution in [0.3, 0.4) is 0 Å². The molecule has 2 aliphatic rings. The third-order valence-corrected chi connectivity index (χ3v) is 9.44. The van der Waals surface area contributed by atoms with Crippen LogP contribution in [0.4, 0.5) is 0 Å². The molecule has 7 heteroatoms. The van der Waals surface area contributed by atoms with Gasteiger partial charge in [0.25, 0.3) is 0 Å². The van der Waals surface area contributed by atoms with Crippen molar-refractivity contribution in [3.8, 4) is 0 Å². The van der Waals surface area contributed by atoms with Crippen LogP contribution in [0.5, 0.6) is 0 Å². The van der Waals surface area contributed by atoms with Gasteiger partial charge < -0.3 is 14.9 Å². The number of aliphatic carboxylic acids is 1. The first-order valence-electron chi connectivity index (χ1n) is 14.4. The minimum atomic E-state index is -1.31. The first kappa shape index (κ1) is 28.6. The van der Waals surface area contributed by atoms with Crippen molar-refractivity contribution in [1.29, 1.82) is 0 Å². The Bertz CT molecular complexity index is 1290. The quantitative estimate of drug-likeness (QED) is 0.396. The van der Waals surface area contributed by atoms with Crippen molar-refractivity contribution in [2.75, 3.05) is 26.7 Å². The molecule has 0 aliphatic carbocycles. The minimum absolute atomic E-state index is 0.0139. The molecule has 0 spiro atoms. The third kappa shape index (κ3) is 4.62. The summed E-state index contributed by atoms with van der Waals surface area (Å²) in [6, 6.07) is 30.7. The number of likely N-dealkylation sites (N-methyl/N-ethyl adjacent to an activating group) is 1. The van der Waals surface area contributed by atoms with Crippen LogP contribution in [-0.4, -0.2) is 75.9 Å². The highest BCUT2D eigenvalue weighted by atomic mass is 16.4. The first-order valence-corrected chi connectivity index (χ1v) is 14.4. The van der Waals surface area contributed by atoms with Gasteiger partial charge in [-0.15, -0.1) is 0 Å². The molecule has 2 saturated heterocycles. The molecule has 0 bridgehead atoms. The van der Waals surface area contributed by atoms with Gasteiger partial charge >= 0.3 is 5.97 Å². The van der Waals surface area contributed by atoms with E-state index in [4.69, 9.17) is 0 Å². The Morgan fingerprint density at radius 2 is 1.27 bits per heavy atom. The molecule has 1 N–H and O–H groups in total. The second kappa shape index (κ2) is 11.1. The summed E-state index contributed by atoms with van der Waals surface area (Å²) in [4.78, 5) is 44.7. The van der Waals surface area contributed by atoms with E-state index in [1.807, 2.05) is 54.6 Å². The molecule has 2 fully saturated rings. The predicted molar refractivity (Wildman–Crippen MR) is 158 cm³/mol. The van der Waals surface area contributed by atoms with E-state index in [1.54, 1.807) is 32.7 Å². The maximum absolute atomic E-state index is 14.0. The van der Waals surface area contributed by atoms with Crippen LogP contribution in [0.2, 0.25) is 0 Å². The summed E-state index contributed by atoms with van der Waals surface area (Å²) in [7, 11) is 1.56. The molecule has 2 amide bonds. The van der Waals surface area contributed by atoms with E-state index in [-0.39, 0.29) is 23.8 Å². The van der Waals surface area contributed by atoms with Crippen molar-refractivity contribution >= 4 is 17.8 Å². The van der Waals surface area contributed by atoms with Gasteiger partial charge in [0.2, 0.25) is 11.8 Å². The average molecular weight is 554 g/mol. The van der Waals surface area contributed by atoms with E-state index >= 15 is 0 Å². The molecule has 0 radical (unpaired) electrons. The zero-order chi connectivity index (χ0) is 29.4. The standard InChI is InChI=1S/C34H39N3O4/c1-24(2)33(3,32(40)41)35(4)30(38)25-22-36(23-25)31(39)29-20-21-37(29)34(26-14-8-5-9-15-26,27-16-10-6-11-17-27)28-18-12-7-13-19-28/h5-19,24-25,29H,20-23H2,1-4H3,(H,40,41)/t29-,33?/m0/s1. The van der Waals surface area contributed by atoms with Gasteiger partial charge in [-0.05, 0) is 36.0 Å². The Morgan fingerprint density at radius 3 is 1.61 bits per heavy atom. The number of carboxylic acids is 1. The lowest BCUT2D eigenvalue weighted by atomic mass is 9.72. The number of carbonyl (C=O) groups excluding carboxylic acids is 2. The van der Waals surface area contributed by atoms with Gasteiger partial charge in [-0.25, -0.2) is 4.79 Å². The van der Waals surface area contributed by atoms with Gasteiger partial charge in [-0.2, -0.15) is 0 Å². The molecule has 41 heavy (non-hydrogen) atoms. The molecule has 3 aromatic carbocycles. The average Bonchev–Trinajstić information content (AvgIpc) is 2.94. The van der Waals surface area contributed by atoms with Crippen LogP contribution in [0.15, 0.2) is 91.0 Å². The van der Waals surface area contributed by atoms with Crippen LogP contribution >= 0.6 is 0 Å². The first-order chi connectivity index (χ1) is 19.6. The Labute approximate surface area is 242 Å². The summed E-state index contributed by atoms with van der Waals surface area (Å²) >= 11 is 0. The topological polar surface area (TPSA) is 81.2 Å². The normalized spacial score (nSPS) is 19.1. The number of hydrogen-bond acceptors (Lipinski definition) is 4. The van der Waals surface area contributed by atoms with Crippen molar-refractivity contribution in [2.45, 2.75) is 44.3 Å². The zero-order valence-electron chi connectivity index (χ0n) is 24.2. The number of likely N-dealkylation sites (tertiary alicyclic amines) is 2. The molecule has 7 nitrogen and oxygen atoms in total. The number of nitrogens with zero attached hydrogens (tertiary/aromatic N) is 3. The van der Waals surface area contributed by atoms with Crippen molar-refractivity contribution in [1.82, 2.24) is 14.7 Å². The highest BCUT2D eigenvalue weighted by Gasteiger charge is 2.54. The van der Waals surface area contributed by atoms with Crippen molar-refractivity contribution in [3.63, 3.8) is 0 Å². The molecule has 3 aromatic rings. The second-order valence-corrected chi connectivity index (χ2v) is 11.8. The van der Waals surface area contributed by atoms with E-state index in [9.17, 15) is 19.5 Å². The van der Waals surface area contributed by atoms with Crippen LogP contribution in [0.25, 0.3) is 0 Å². The number of carbonyl (C=O) groups is 3. The molecular weight excluding hydrogens is 514 g/mol. The molecule has 5 rings (SSSR count). The maximum Gasteiger partial charge on any atom is 0.329 e. The fraction of sp³-hybridized carbons (Fsp3) is 0.382. The van der Waals surface area contributed by atoms with Gasteiger partial charge in [-0.1, -0.05) is 105 Å². The van der Waals surface area contributed by atoms with Gasteiger partial charge in [0.1, 0.15) is 5.54 Å².